The lowest BCUT2D eigenvalue weighted by Gasteiger charge is -2.36. The molecule has 1 aliphatic heterocycles. The normalized spacial score (nSPS) is 18.8. The van der Waals surface area contributed by atoms with Crippen LogP contribution in [0.5, 0.6) is 0 Å². The van der Waals surface area contributed by atoms with E-state index in [1.54, 1.807) is 18.2 Å². The molecule has 0 amide bonds. The first kappa shape index (κ1) is 19.5. The van der Waals surface area contributed by atoms with Crippen molar-refractivity contribution in [3.63, 3.8) is 0 Å². The molecule has 9 heteroatoms. The number of hydrogen-bond donors (Lipinski definition) is 4. The van der Waals surface area contributed by atoms with E-state index < -0.39 is 23.7 Å². The average molecular weight is 429 g/mol. The molecule has 1 unspecified atom stereocenters. The number of aromatic amines is 1. The standard InChI is InChI=1S/C22H19F4N5/c23-16-10-5-8-14-18(16)30-31-21(14)29-20-13-7-2-4-11-17(13)27-19(28-20)12-6-1-3-9-15(12)22(24,25)26/h1,3,5-6,8-11,19,27-28H,2,4,7H2,(H2,29,30,31). The molecule has 5 rings (SSSR count). The van der Waals surface area contributed by atoms with E-state index >= 15 is 0 Å². The van der Waals surface area contributed by atoms with Gasteiger partial charge in [-0.15, -0.1) is 0 Å². The van der Waals surface area contributed by atoms with Crippen molar-refractivity contribution in [3.8, 4) is 0 Å². The number of nitrogens with zero attached hydrogens (tertiary/aromatic N) is 1. The van der Waals surface area contributed by atoms with Gasteiger partial charge in [0.1, 0.15) is 23.3 Å². The predicted octanol–water partition coefficient (Wildman–Crippen LogP) is 5.30. The van der Waals surface area contributed by atoms with Gasteiger partial charge in [0.05, 0.1) is 5.56 Å². The number of alkyl halides is 3. The number of aromatic nitrogens is 2. The van der Waals surface area contributed by atoms with Crippen LogP contribution in [0, 0.1) is 5.82 Å². The van der Waals surface area contributed by atoms with Crippen LogP contribution in [-0.2, 0) is 6.18 Å². The Labute approximate surface area is 175 Å². The summed E-state index contributed by atoms with van der Waals surface area (Å²) in [4.78, 5) is 0. The average Bonchev–Trinajstić information content (AvgIpc) is 3.17. The summed E-state index contributed by atoms with van der Waals surface area (Å²) in [5.41, 5.74) is 1.38. The SMILES string of the molecule is Fc1cccc2c(NC3=C4CCCC=C4NC(c4ccccc4C(F)(F)F)N3)n[nH]c12. The maximum absolute atomic E-state index is 14.0. The Kier molecular flexibility index (Phi) is 4.60. The Bertz CT molecular complexity index is 1210. The summed E-state index contributed by atoms with van der Waals surface area (Å²) in [5, 5.41) is 17.0. The second kappa shape index (κ2) is 7.33. The Balaban J connectivity index is 1.55. The van der Waals surface area contributed by atoms with Crippen LogP contribution in [0.3, 0.4) is 0 Å². The minimum Gasteiger partial charge on any atom is -0.362 e. The molecule has 1 aromatic heterocycles. The van der Waals surface area contributed by atoms with Crippen LogP contribution in [0.2, 0.25) is 0 Å². The van der Waals surface area contributed by atoms with Gasteiger partial charge in [0.15, 0.2) is 5.82 Å². The van der Waals surface area contributed by atoms with Crippen LogP contribution in [0.15, 0.2) is 65.6 Å². The number of rotatable bonds is 3. The third-order valence-corrected chi connectivity index (χ3v) is 5.56. The molecule has 5 nitrogen and oxygen atoms in total. The van der Waals surface area contributed by atoms with Crippen molar-refractivity contribution >= 4 is 16.7 Å². The lowest BCUT2D eigenvalue weighted by molar-refractivity contribution is -0.138. The Morgan fingerprint density at radius 3 is 2.71 bits per heavy atom. The molecule has 2 aromatic carbocycles. The number of allylic oxidation sites excluding steroid dienone is 2. The number of fused-ring (bicyclic) bond motifs is 2. The fraction of sp³-hybridized carbons (Fsp3) is 0.227. The number of hydrogen-bond acceptors (Lipinski definition) is 4. The van der Waals surface area contributed by atoms with Gasteiger partial charge in [-0.3, -0.25) is 5.10 Å². The summed E-state index contributed by atoms with van der Waals surface area (Å²) in [6.45, 7) is 0. The molecule has 31 heavy (non-hydrogen) atoms. The van der Waals surface area contributed by atoms with Gasteiger partial charge in [0.2, 0.25) is 0 Å². The summed E-state index contributed by atoms with van der Waals surface area (Å²) >= 11 is 0. The summed E-state index contributed by atoms with van der Waals surface area (Å²) in [7, 11) is 0. The van der Waals surface area contributed by atoms with Crippen LogP contribution in [-0.4, -0.2) is 10.2 Å². The second-order valence-corrected chi connectivity index (χ2v) is 7.53. The van der Waals surface area contributed by atoms with Gasteiger partial charge in [-0.1, -0.05) is 30.3 Å². The zero-order valence-electron chi connectivity index (χ0n) is 16.3. The number of benzene rings is 2. The van der Waals surface area contributed by atoms with Crippen molar-refractivity contribution in [2.24, 2.45) is 0 Å². The number of nitrogens with one attached hydrogen (secondary N) is 4. The molecular weight excluding hydrogens is 410 g/mol. The van der Waals surface area contributed by atoms with Gasteiger partial charge >= 0.3 is 6.18 Å². The maximum Gasteiger partial charge on any atom is 0.416 e. The zero-order chi connectivity index (χ0) is 21.6. The van der Waals surface area contributed by atoms with Crippen LogP contribution in [0.25, 0.3) is 10.9 Å². The van der Waals surface area contributed by atoms with E-state index in [0.717, 1.165) is 36.6 Å². The molecule has 3 aromatic rings. The number of para-hydroxylation sites is 1. The van der Waals surface area contributed by atoms with E-state index in [1.165, 1.54) is 18.2 Å². The van der Waals surface area contributed by atoms with Crippen LogP contribution in [0.1, 0.15) is 36.6 Å². The first-order valence-corrected chi connectivity index (χ1v) is 9.94. The number of anilines is 1. The smallest absolute Gasteiger partial charge is 0.362 e. The predicted molar refractivity (Wildman–Crippen MR) is 109 cm³/mol. The van der Waals surface area contributed by atoms with E-state index in [0.29, 0.717) is 17.0 Å². The summed E-state index contributed by atoms with van der Waals surface area (Å²) < 4.78 is 54.8. The van der Waals surface area contributed by atoms with Gasteiger partial charge in [0, 0.05) is 22.2 Å². The van der Waals surface area contributed by atoms with E-state index in [-0.39, 0.29) is 11.1 Å². The Morgan fingerprint density at radius 1 is 1.03 bits per heavy atom. The molecule has 4 N–H and O–H groups in total. The van der Waals surface area contributed by atoms with Gasteiger partial charge < -0.3 is 16.0 Å². The first-order valence-electron chi connectivity index (χ1n) is 9.94. The molecule has 0 bridgehead atoms. The van der Waals surface area contributed by atoms with Crippen LogP contribution >= 0.6 is 0 Å². The van der Waals surface area contributed by atoms with Gasteiger partial charge in [-0.05, 0) is 37.5 Å². The minimum absolute atomic E-state index is 0.0951. The molecule has 1 aliphatic carbocycles. The molecule has 2 heterocycles. The number of H-pyrrole nitrogens is 1. The van der Waals surface area contributed by atoms with Crippen molar-refractivity contribution in [1.82, 2.24) is 20.8 Å². The number of halogens is 4. The van der Waals surface area contributed by atoms with E-state index in [1.807, 2.05) is 6.08 Å². The van der Waals surface area contributed by atoms with Gasteiger partial charge in [-0.25, -0.2) is 4.39 Å². The molecule has 0 radical (unpaired) electrons. The van der Waals surface area contributed by atoms with E-state index in [9.17, 15) is 17.6 Å². The maximum atomic E-state index is 14.0. The summed E-state index contributed by atoms with van der Waals surface area (Å²) in [6, 6.07) is 10.1. The third kappa shape index (κ3) is 3.49. The largest absolute Gasteiger partial charge is 0.416 e. The quantitative estimate of drug-likeness (QED) is 0.427. The molecule has 0 spiro atoms. The highest BCUT2D eigenvalue weighted by Crippen LogP contribution is 2.37. The fourth-order valence-corrected chi connectivity index (χ4v) is 4.11. The highest BCUT2D eigenvalue weighted by atomic mass is 19.4. The fourth-order valence-electron chi connectivity index (χ4n) is 4.11. The molecule has 2 aliphatic rings. The second-order valence-electron chi connectivity index (χ2n) is 7.53. The summed E-state index contributed by atoms with van der Waals surface area (Å²) in [5.74, 6) is 0.535. The van der Waals surface area contributed by atoms with Crippen molar-refractivity contribution in [2.45, 2.75) is 31.6 Å². The van der Waals surface area contributed by atoms with Crippen molar-refractivity contribution in [1.29, 1.82) is 0 Å². The first-order chi connectivity index (χ1) is 14.9. The lowest BCUT2D eigenvalue weighted by Crippen LogP contribution is -2.43. The monoisotopic (exact) mass is 429 g/mol. The molecule has 160 valence electrons. The van der Waals surface area contributed by atoms with Gasteiger partial charge in [-0.2, -0.15) is 18.3 Å². The van der Waals surface area contributed by atoms with Crippen LogP contribution < -0.4 is 16.0 Å². The topological polar surface area (TPSA) is 64.8 Å². The highest BCUT2D eigenvalue weighted by Gasteiger charge is 2.37. The molecule has 0 saturated heterocycles. The molecule has 0 saturated carbocycles. The Hall–Kier alpha value is -3.49. The molecular formula is C22H19F4N5. The van der Waals surface area contributed by atoms with Crippen molar-refractivity contribution in [2.75, 3.05) is 5.32 Å². The van der Waals surface area contributed by atoms with Gasteiger partial charge in [0.25, 0.3) is 0 Å². The Morgan fingerprint density at radius 2 is 1.87 bits per heavy atom. The van der Waals surface area contributed by atoms with Crippen LogP contribution in [0.4, 0.5) is 23.4 Å². The minimum atomic E-state index is -4.48. The molecule has 1 atom stereocenters. The van der Waals surface area contributed by atoms with E-state index in [2.05, 4.69) is 26.1 Å². The van der Waals surface area contributed by atoms with Crippen molar-refractivity contribution in [3.05, 3.63) is 82.6 Å². The highest BCUT2D eigenvalue weighted by molar-refractivity contribution is 5.90. The van der Waals surface area contributed by atoms with E-state index in [4.69, 9.17) is 0 Å². The van der Waals surface area contributed by atoms with Crippen molar-refractivity contribution < 1.29 is 17.6 Å². The lowest BCUT2D eigenvalue weighted by atomic mass is 9.94. The zero-order valence-corrected chi connectivity index (χ0v) is 16.3. The third-order valence-electron chi connectivity index (χ3n) is 5.56. The summed E-state index contributed by atoms with van der Waals surface area (Å²) in [6.07, 6.45) is -0.772. The molecule has 0 fully saturated rings.